The summed E-state index contributed by atoms with van der Waals surface area (Å²) in [7, 11) is 0. The van der Waals surface area contributed by atoms with Gasteiger partial charge in [-0.2, -0.15) is 13.2 Å². The lowest BCUT2D eigenvalue weighted by Crippen LogP contribution is -2.35. The van der Waals surface area contributed by atoms with E-state index in [1.165, 1.54) is 6.07 Å². The first-order valence-corrected chi connectivity index (χ1v) is 7.19. The largest absolute Gasteiger partial charge is 0.416 e. The minimum atomic E-state index is -4.34. The summed E-state index contributed by atoms with van der Waals surface area (Å²) in [6.45, 7) is 1.81. The third-order valence-corrected chi connectivity index (χ3v) is 3.80. The van der Waals surface area contributed by atoms with Gasteiger partial charge in [-0.15, -0.1) is 0 Å². The van der Waals surface area contributed by atoms with Gasteiger partial charge in [0.1, 0.15) is 0 Å². The highest BCUT2D eigenvalue weighted by atomic mass is 79.9. The zero-order valence-electron chi connectivity index (χ0n) is 11.4. The van der Waals surface area contributed by atoms with Gasteiger partial charge in [-0.25, -0.2) is 0 Å². The summed E-state index contributed by atoms with van der Waals surface area (Å²) in [5.41, 5.74) is 6.34. The van der Waals surface area contributed by atoms with Crippen LogP contribution in [0.1, 0.15) is 23.6 Å². The predicted molar refractivity (Wildman–Crippen MR) is 80.8 cm³/mol. The van der Waals surface area contributed by atoms with Gasteiger partial charge < -0.3 is 5.73 Å². The first kappa shape index (κ1) is 16.0. The van der Waals surface area contributed by atoms with Crippen molar-refractivity contribution in [3.63, 3.8) is 0 Å². The summed E-state index contributed by atoms with van der Waals surface area (Å²) in [6.07, 6.45) is -4.01. The lowest BCUT2D eigenvalue weighted by Gasteiger charge is -2.26. The van der Waals surface area contributed by atoms with Crippen molar-refractivity contribution in [3.8, 4) is 0 Å². The number of hydrogen-bond donors (Lipinski definition) is 1. The molecule has 1 atom stereocenters. The Balaban J connectivity index is 2.28. The average Bonchev–Trinajstić information content (AvgIpc) is 2.37. The number of rotatable bonds is 3. The molecular weight excluding hydrogens is 343 g/mol. The average molecular weight is 358 g/mol. The molecular formula is C16H15BrF3N. The summed E-state index contributed by atoms with van der Waals surface area (Å²) >= 11 is 3.37. The summed E-state index contributed by atoms with van der Waals surface area (Å²) in [5, 5.41) is 0. The van der Waals surface area contributed by atoms with Gasteiger partial charge in [-0.1, -0.05) is 46.3 Å². The lowest BCUT2D eigenvalue weighted by atomic mass is 9.86. The van der Waals surface area contributed by atoms with Gasteiger partial charge in [-0.05, 0) is 42.7 Å². The molecule has 0 aliphatic rings. The predicted octanol–water partition coefficient (Wildman–Crippen LogP) is 4.88. The van der Waals surface area contributed by atoms with E-state index < -0.39 is 17.3 Å². The fraction of sp³-hybridized carbons (Fsp3) is 0.250. The maximum atomic E-state index is 12.7. The first-order chi connectivity index (χ1) is 9.68. The highest BCUT2D eigenvalue weighted by Crippen LogP contribution is 2.31. The minimum Gasteiger partial charge on any atom is -0.321 e. The second kappa shape index (κ2) is 5.81. The molecule has 2 N–H and O–H groups in total. The second-order valence-electron chi connectivity index (χ2n) is 5.30. The molecule has 1 nitrogen and oxygen atoms in total. The lowest BCUT2D eigenvalue weighted by molar-refractivity contribution is -0.137. The molecule has 0 spiro atoms. The summed E-state index contributed by atoms with van der Waals surface area (Å²) in [6, 6.07) is 12.8. The van der Waals surface area contributed by atoms with Crippen molar-refractivity contribution in [2.75, 3.05) is 0 Å². The normalized spacial score (nSPS) is 14.8. The van der Waals surface area contributed by atoms with Crippen molar-refractivity contribution >= 4 is 15.9 Å². The Morgan fingerprint density at radius 3 is 2.24 bits per heavy atom. The van der Waals surface area contributed by atoms with Crippen molar-refractivity contribution in [1.82, 2.24) is 0 Å². The van der Waals surface area contributed by atoms with E-state index in [9.17, 15) is 13.2 Å². The van der Waals surface area contributed by atoms with E-state index in [-0.39, 0.29) is 0 Å². The van der Waals surface area contributed by atoms with Crippen LogP contribution in [0.15, 0.2) is 53.0 Å². The van der Waals surface area contributed by atoms with Crippen LogP contribution in [0.3, 0.4) is 0 Å². The standard InChI is InChI=1S/C16H15BrF3N/c1-15(21,12-5-3-7-14(17)9-12)10-11-4-2-6-13(8-11)16(18,19)20/h2-9H,10,21H2,1H3. The van der Waals surface area contributed by atoms with E-state index in [0.717, 1.165) is 22.2 Å². The maximum Gasteiger partial charge on any atom is 0.416 e. The van der Waals surface area contributed by atoms with E-state index in [0.29, 0.717) is 12.0 Å². The number of benzene rings is 2. The summed E-state index contributed by atoms with van der Waals surface area (Å²) < 4.78 is 39.1. The van der Waals surface area contributed by atoms with Crippen LogP contribution in [0, 0.1) is 0 Å². The van der Waals surface area contributed by atoms with Gasteiger partial charge in [0.25, 0.3) is 0 Å². The van der Waals surface area contributed by atoms with Gasteiger partial charge in [-0.3, -0.25) is 0 Å². The van der Waals surface area contributed by atoms with Crippen LogP contribution >= 0.6 is 15.9 Å². The molecule has 21 heavy (non-hydrogen) atoms. The molecule has 0 amide bonds. The minimum absolute atomic E-state index is 0.327. The molecule has 0 radical (unpaired) electrons. The second-order valence-corrected chi connectivity index (χ2v) is 6.22. The zero-order valence-corrected chi connectivity index (χ0v) is 13.0. The smallest absolute Gasteiger partial charge is 0.321 e. The number of alkyl halides is 3. The van der Waals surface area contributed by atoms with Crippen LogP contribution < -0.4 is 5.73 Å². The molecule has 0 aliphatic carbocycles. The van der Waals surface area contributed by atoms with E-state index in [1.807, 2.05) is 31.2 Å². The van der Waals surface area contributed by atoms with E-state index >= 15 is 0 Å². The highest BCUT2D eigenvalue weighted by Gasteiger charge is 2.31. The van der Waals surface area contributed by atoms with Gasteiger partial charge in [0, 0.05) is 10.0 Å². The molecule has 0 saturated heterocycles. The van der Waals surface area contributed by atoms with Crippen LogP contribution in [0.2, 0.25) is 0 Å². The quantitative estimate of drug-likeness (QED) is 0.831. The van der Waals surface area contributed by atoms with Crippen LogP contribution in [-0.4, -0.2) is 0 Å². The number of hydrogen-bond acceptors (Lipinski definition) is 1. The Hall–Kier alpha value is -1.33. The molecule has 0 fully saturated rings. The summed E-state index contributed by atoms with van der Waals surface area (Å²) in [4.78, 5) is 0. The van der Waals surface area contributed by atoms with E-state index in [2.05, 4.69) is 15.9 Å². The Labute approximate surface area is 130 Å². The Bertz CT molecular complexity index is 635. The van der Waals surface area contributed by atoms with E-state index in [4.69, 9.17) is 5.73 Å². The highest BCUT2D eigenvalue weighted by molar-refractivity contribution is 9.10. The molecule has 0 heterocycles. The Morgan fingerprint density at radius 1 is 1.00 bits per heavy atom. The maximum absolute atomic E-state index is 12.7. The van der Waals surface area contributed by atoms with Gasteiger partial charge in [0.15, 0.2) is 0 Å². The first-order valence-electron chi connectivity index (χ1n) is 6.39. The fourth-order valence-electron chi connectivity index (χ4n) is 2.23. The van der Waals surface area contributed by atoms with Crippen LogP contribution in [-0.2, 0) is 18.1 Å². The SMILES string of the molecule is CC(N)(Cc1cccc(C(F)(F)F)c1)c1cccc(Br)c1. The molecule has 0 saturated carbocycles. The Kier molecular flexibility index (Phi) is 4.44. The summed E-state index contributed by atoms with van der Waals surface area (Å²) in [5.74, 6) is 0. The Morgan fingerprint density at radius 2 is 1.62 bits per heavy atom. The van der Waals surface area contributed by atoms with Crippen LogP contribution in [0.5, 0.6) is 0 Å². The molecule has 0 aromatic heterocycles. The van der Waals surface area contributed by atoms with Gasteiger partial charge in [0.05, 0.1) is 5.56 Å². The molecule has 0 aliphatic heterocycles. The van der Waals surface area contributed by atoms with Crippen molar-refractivity contribution in [2.45, 2.75) is 25.1 Å². The van der Waals surface area contributed by atoms with E-state index in [1.54, 1.807) is 6.07 Å². The van der Waals surface area contributed by atoms with Crippen molar-refractivity contribution in [2.24, 2.45) is 5.73 Å². The molecule has 2 rings (SSSR count). The third kappa shape index (κ3) is 4.08. The molecule has 0 bridgehead atoms. The topological polar surface area (TPSA) is 26.0 Å². The number of nitrogens with two attached hydrogens (primary N) is 1. The van der Waals surface area contributed by atoms with Gasteiger partial charge in [0.2, 0.25) is 0 Å². The van der Waals surface area contributed by atoms with Gasteiger partial charge >= 0.3 is 6.18 Å². The molecule has 5 heteroatoms. The van der Waals surface area contributed by atoms with Crippen molar-refractivity contribution < 1.29 is 13.2 Å². The van der Waals surface area contributed by atoms with Crippen molar-refractivity contribution in [3.05, 3.63) is 69.7 Å². The van der Waals surface area contributed by atoms with Crippen LogP contribution in [0.25, 0.3) is 0 Å². The molecule has 1 unspecified atom stereocenters. The van der Waals surface area contributed by atoms with Crippen LogP contribution in [0.4, 0.5) is 13.2 Å². The fourth-order valence-corrected chi connectivity index (χ4v) is 2.63. The third-order valence-electron chi connectivity index (χ3n) is 3.31. The molecule has 112 valence electrons. The monoisotopic (exact) mass is 357 g/mol. The molecule has 2 aromatic rings. The zero-order chi connectivity index (χ0) is 15.7. The van der Waals surface area contributed by atoms with Crippen molar-refractivity contribution in [1.29, 1.82) is 0 Å². The molecule has 2 aromatic carbocycles. The number of halogens is 4.